The van der Waals surface area contributed by atoms with Crippen LogP contribution in [0.4, 0.5) is 5.82 Å². The Morgan fingerprint density at radius 3 is 2.96 bits per heavy atom. The highest BCUT2D eigenvalue weighted by molar-refractivity contribution is 9.10. The number of aliphatic hydroxyl groups is 2. The van der Waals surface area contributed by atoms with Crippen molar-refractivity contribution in [3.63, 3.8) is 0 Å². The predicted octanol–water partition coefficient (Wildman–Crippen LogP) is 1.43. The van der Waals surface area contributed by atoms with E-state index in [1.807, 2.05) is 6.07 Å². The molecule has 25 heavy (non-hydrogen) atoms. The van der Waals surface area contributed by atoms with E-state index < -0.39 is 18.4 Å². The van der Waals surface area contributed by atoms with Crippen LogP contribution in [0.2, 0.25) is 0 Å². The highest BCUT2D eigenvalue weighted by Gasteiger charge is 2.35. The molecule has 0 amide bonds. The highest BCUT2D eigenvalue weighted by atomic mass is 79.9. The van der Waals surface area contributed by atoms with E-state index in [1.165, 1.54) is 6.33 Å². The number of aliphatic hydroxyl groups excluding tert-OH is 2. The molecule has 10 heteroatoms. The number of ether oxygens (including phenoxy) is 1. The summed E-state index contributed by atoms with van der Waals surface area (Å²) in [5.41, 5.74) is 1.19. The highest BCUT2D eigenvalue weighted by Crippen LogP contribution is 2.31. The van der Waals surface area contributed by atoms with Crippen molar-refractivity contribution in [3.05, 3.63) is 35.2 Å². The molecule has 4 rings (SSSR count). The van der Waals surface area contributed by atoms with Crippen molar-refractivity contribution in [1.82, 2.24) is 19.5 Å². The lowest BCUT2D eigenvalue weighted by molar-refractivity contribution is -0.0432. The molecule has 0 saturated carbocycles. The topological polar surface area (TPSA) is 118 Å². The van der Waals surface area contributed by atoms with Crippen molar-refractivity contribution in [1.29, 1.82) is 0 Å². The molecule has 1 fully saturated rings. The van der Waals surface area contributed by atoms with Gasteiger partial charge < -0.3 is 24.7 Å². The van der Waals surface area contributed by atoms with Gasteiger partial charge in [-0.25, -0.2) is 15.0 Å². The van der Waals surface area contributed by atoms with Crippen molar-refractivity contribution >= 4 is 32.9 Å². The second-order valence-electron chi connectivity index (χ2n) is 5.75. The van der Waals surface area contributed by atoms with E-state index in [0.29, 0.717) is 29.9 Å². The average molecular weight is 410 g/mol. The quantitative estimate of drug-likeness (QED) is 0.578. The first kappa shape index (κ1) is 16.5. The molecule has 3 atom stereocenters. The van der Waals surface area contributed by atoms with Crippen molar-refractivity contribution < 1.29 is 19.4 Å². The SMILES string of the molecule is OC[C@H]1OC(n2cnc3c(NCc4cc(Br)co4)ncnc32)C[C@@H]1O. The maximum absolute atomic E-state index is 9.92. The fourth-order valence-corrected chi connectivity index (χ4v) is 3.21. The first-order valence-electron chi connectivity index (χ1n) is 7.74. The monoisotopic (exact) mass is 409 g/mol. The third kappa shape index (κ3) is 3.13. The van der Waals surface area contributed by atoms with Crippen molar-refractivity contribution in [2.24, 2.45) is 0 Å². The standard InChI is InChI=1S/C15H16BrN5O4/c16-8-1-9(24-5-8)3-17-14-13-15(19-6-18-14)21(7-20-13)12-2-10(23)11(4-22)25-12/h1,5-7,10-12,22-23H,2-4H2,(H,17,18,19)/t10-,11+,12?/m0/s1. The largest absolute Gasteiger partial charge is 0.466 e. The summed E-state index contributed by atoms with van der Waals surface area (Å²) in [4.78, 5) is 12.9. The van der Waals surface area contributed by atoms with Crippen LogP contribution in [0.1, 0.15) is 18.4 Å². The molecule has 132 valence electrons. The summed E-state index contributed by atoms with van der Waals surface area (Å²) in [6, 6.07) is 1.87. The van der Waals surface area contributed by atoms with Gasteiger partial charge in [0.05, 0.1) is 30.1 Å². The molecule has 1 unspecified atom stereocenters. The maximum Gasteiger partial charge on any atom is 0.167 e. The van der Waals surface area contributed by atoms with Crippen LogP contribution in [0, 0.1) is 0 Å². The van der Waals surface area contributed by atoms with Gasteiger partial charge in [0.15, 0.2) is 17.0 Å². The van der Waals surface area contributed by atoms with Crippen LogP contribution >= 0.6 is 15.9 Å². The number of halogens is 1. The van der Waals surface area contributed by atoms with Gasteiger partial charge in [0.2, 0.25) is 0 Å². The molecule has 1 aliphatic rings. The Bertz CT molecular complexity index is 882. The molecule has 9 nitrogen and oxygen atoms in total. The smallest absolute Gasteiger partial charge is 0.167 e. The van der Waals surface area contributed by atoms with E-state index in [4.69, 9.17) is 9.15 Å². The van der Waals surface area contributed by atoms with Crippen molar-refractivity contribution in [3.8, 4) is 0 Å². The zero-order valence-electron chi connectivity index (χ0n) is 13.0. The summed E-state index contributed by atoms with van der Waals surface area (Å²) in [5.74, 6) is 1.33. The van der Waals surface area contributed by atoms with E-state index in [1.54, 1.807) is 17.2 Å². The summed E-state index contributed by atoms with van der Waals surface area (Å²) < 4.78 is 13.7. The van der Waals surface area contributed by atoms with Gasteiger partial charge in [0.25, 0.3) is 0 Å². The lowest BCUT2D eigenvalue weighted by Gasteiger charge is -2.13. The normalized spacial score (nSPS) is 23.4. The minimum absolute atomic E-state index is 0.231. The van der Waals surface area contributed by atoms with Crippen LogP contribution in [0.15, 0.2) is 33.9 Å². The Labute approximate surface area is 150 Å². The van der Waals surface area contributed by atoms with Crippen molar-refractivity contribution in [2.75, 3.05) is 11.9 Å². The van der Waals surface area contributed by atoms with Crippen LogP contribution in [0.25, 0.3) is 11.2 Å². The molecule has 3 N–H and O–H groups in total. The molecule has 0 spiro atoms. The molecular weight excluding hydrogens is 394 g/mol. The number of imidazole rings is 1. The van der Waals surface area contributed by atoms with E-state index in [9.17, 15) is 10.2 Å². The fourth-order valence-electron chi connectivity index (χ4n) is 2.86. The molecule has 0 radical (unpaired) electrons. The van der Waals surface area contributed by atoms with E-state index in [-0.39, 0.29) is 6.61 Å². The number of nitrogens with zero attached hydrogens (tertiary/aromatic N) is 4. The lowest BCUT2D eigenvalue weighted by Crippen LogP contribution is -2.24. The maximum atomic E-state index is 9.92. The third-order valence-electron chi connectivity index (χ3n) is 4.10. The number of hydrogen-bond acceptors (Lipinski definition) is 8. The molecule has 0 aliphatic carbocycles. The molecule has 0 aromatic carbocycles. The van der Waals surface area contributed by atoms with Gasteiger partial charge in [-0.15, -0.1) is 0 Å². The first-order chi connectivity index (χ1) is 12.2. The second kappa shape index (κ2) is 6.71. The molecule has 3 aromatic heterocycles. The Hall–Kier alpha value is -2.01. The number of anilines is 1. The van der Waals surface area contributed by atoms with Gasteiger partial charge in [-0.2, -0.15) is 0 Å². The molecule has 4 heterocycles. The number of furan rings is 1. The molecule has 1 aliphatic heterocycles. The van der Waals surface area contributed by atoms with E-state index in [2.05, 4.69) is 36.2 Å². The Morgan fingerprint density at radius 1 is 1.36 bits per heavy atom. The zero-order valence-corrected chi connectivity index (χ0v) is 14.6. The van der Waals surface area contributed by atoms with E-state index in [0.717, 1.165) is 10.2 Å². The van der Waals surface area contributed by atoms with Gasteiger partial charge in [-0.05, 0) is 22.0 Å². The van der Waals surface area contributed by atoms with Crippen LogP contribution in [-0.4, -0.2) is 48.5 Å². The zero-order chi connectivity index (χ0) is 17.4. The molecule has 1 saturated heterocycles. The van der Waals surface area contributed by atoms with Gasteiger partial charge in [0.1, 0.15) is 30.7 Å². The van der Waals surface area contributed by atoms with Gasteiger partial charge in [-0.3, -0.25) is 4.57 Å². The van der Waals surface area contributed by atoms with Crippen LogP contribution in [-0.2, 0) is 11.3 Å². The Morgan fingerprint density at radius 2 is 2.24 bits per heavy atom. The van der Waals surface area contributed by atoms with E-state index >= 15 is 0 Å². The van der Waals surface area contributed by atoms with Gasteiger partial charge >= 0.3 is 0 Å². The summed E-state index contributed by atoms with van der Waals surface area (Å²) in [5, 5.41) is 22.3. The predicted molar refractivity (Wildman–Crippen MR) is 90.7 cm³/mol. The van der Waals surface area contributed by atoms with Crippen LogP contribution < -0.4 is 5.32 Å². The number of nitrogens with one attached hydrogen (secondary N) is 1. The number of hydrogen-bond donors (Lipinski definition) is 3. The summed E-state index contributed by atoms with van der Waals surface area (Å²) in [7, 11) is 0. The number of rotatable bonds is 5. The fraction of sp³-hybridized carbons (Fsp3) is 0.400. The molecule has 3 aromatic rings. The summed E-state index contributed by atoms with van der Waals surface area (Å²) in [6.45, 7) is 0.223. The number of fused-ring (bicyclic) bond motifs is 1. The minimum Gasteiger partial charge on any atom is -0.466 e. The molecular formula is C15H16BrN5O4. The Balaban J connectivity index is 1.58. The van der Waals surface area contributed by atoms with Crippen LogP contribution in [0.5, 0.6) is 0 Å². The molecule has 0 bridgehead atoms. The number of aromatic nitrogens is 4. The van der Waals surface area contributed by atoms with Gasteiger partial charge in [0, 0.05) is 6.42 Å². The van der Waals surface area contributed by atoms with Gasteiger partial charge in [-0.1, -0.05) is 0 Å². The first-order valence-corrected chi connectivity index (χ1v) is 8.53. The average Bonchev–Trinajstić information content (AvgIpc) is 3.31. The second-order valence-corrected chi connectivity index (χ2v) is 6.66. The lowest BCUT2D eigenvalue weighted by atomic mass is 10.2. The third-order valence-corrected chi connectivity index (χ3v) is 4.52. The summed E-state index contributed by atoms with van der Waals surface area (Å²) in [6.07, 6.45) is 3.27. The van der Waals surface area contributed by atoms with Crippen molar-refractivity contribution in [2.45, 2.75) is 31.4 Å². The van der Waals surface area contributed by atoms with Crippen LogP contribution in [0.3, 0.4) is 0 Å². The summed E-state index contributed by atoms with van der Waals surface area (Å²) >= 11 is 3.34. The Kier molecular flexibility index (Phi) is 4.42. The minimum atomic E-state index is -0.718.